The molecule has 0 unspecified atom stereocenters. The number of aromatic nitrogens is 3. The van der Waals surface area contributed by atoms with Crippen molar-refractivity contribution < 1.29 is 9.53 Å². The van der Waals surface area contributed by atoms with E-state index in [2.05, 4.69) is 22.2 Å². The summed E-state index contributed by atoms with van der Waals surface area (Å²) in [7, 11) is 0. The molecular formula is C20H18N4O2S. The normalized spacial score (nSPS) is 15.3. The summed E-state index contributed by atoms with van der Waals surface area (Å²) < 4.78 is 7.84. The van der Waals surface area contributed by atoms with Crippen LogP contribution in [-0.2, 0) is 10.3 Å². The molecule has 7 heteroatoms. The molecule has 2 N–H and O–H groups in total. The first-order valence-corrected chi connectivity index (χ1v) is 9.75. The van der Waals surface area contributed by atoms with Crippen LogP contribution in [0.25, 0.3) is 26.6 Å². The zero-order valence-electron chi connectivity index (χ0n) is 14.8. The van der Waals surface area contributed by atoms with Gasteiger partial charge in [-0.1, -0.05) is 35.6 Å². The van der Waals surface area contributed by atoms with E-state index >= 15 is 0 Å². The van der Waals surface area contributed by atoms with Crippen LogP contribution in [0.4, 0.5) is 0 Å². The van der Waals surface area contributed by atoms with Crippen molar-refractivity contribution in [1.82, 2.24) is 14.6 Å². The van der Waals surface area contributed by atoms with Crippen molar-refractivity contribution in [3.05, 3.63) is 53.6 Å². The molecule has 2 heterocycles. The van der Waals surface area contributed by atoms with Crippen LogP contribution in [0.3, 0.4) is 0 Å². The van der Waals surface area contributed by atoms with E-state index in [0.29, 0.717) is 18.0 Å². The Bertz CT molecular complexity index is 1170. The van der Waals surface area contributed by atoms with Crippen molar-refractivity contribution >= 4 is 32.5 Å². The van der Waals surface area contributed by atoms with Gasteiger partial charge in [-0.3, -0.25) is 0 Å². The Balaban J connectivity index is 1.51. The Labute approximate surface area is 159 Å². The predicted molar refractivity (Wildman–Crippen MR) is 105 cm³/mol. The van der Waals surface area contributed by atoms with Crippen LogP contribution < -0.4 is 5.73 Å². The Morgan fingerprint density at radius 1 is 1.26 bits per heavy atom. The van der Waals surface area contributed by atoms with Crippen LogP contribution in [0.5, 0.6) is 0 Å². The number of fused-ring (bicyclic) bond motifs is 3. The van der Waals surface area contributed by atoms with Crippen molar-refractivity contribution in [2.45, 2.75) is 25.3 Å². The van der Waals surface area contributed by atoms with Gasteiger partial charge >= 0.3 is 5.97 Å². The van der Waals surface area contributed by atoms with Gasteiger partial charge in [0.1, 0.15) is 0 Å². The number of benzene rings is 2. The second-order valence-corrected chi connectivity index (χ2v) is 7.88. The third-order valence-electron chi connectivity index (χ3n) is 4.98. The lowest BCUT2D eigenvalue weighted by Crippen LogP contribution is -2.18. The number of thiazole rings is 1. The first-order chi connectivity index (χ1) is 13.1. The summed E-state index contributed by atoms with van der Waals surface area (Å²) in [4.78, 5) is 17.4. The first-order valence-electron chi connectivity index (χ1n) is 8.94. The largest absolute Gasteiger partial charge is 0.462 e. The maximum atomic E-state index is 11.9. The minimum atomic E-state index is -0.312. The summed E-state index contributed by atoms with van der Waals surface area (Å²) in [6.45, 7) is 2.16. The van der Waals surface area contributed by atoms with Crippen molar-refractivity contribution in [1.29, 1.82) is 0 Å². The zero-order chi connectivity index (χ0) is 18.6. The van der Waals surface area contributed by atoms with E-state index in [1.54, 1.807) is 13.0 Å². The molecule has 0 spiro atoms. The van der Waals surface area contributed by atoms with Gasteiger partial charge < -0.3 is 10.5 Å². The van der Waals surface area contributed by atoms with Gasteiger partial charge in [0, 0.05) is 11.1 Å². The number of ether oxygens (including phenoxy) is 1. The van der Waals surface area contributed by atoms with Crippen LogP contribution >= 0.6 is 11.3 Å². The lowest BCUT2D eigenvalue weighted by Gasteiger charge is -2.08. The molecule has 4 aromatic rings. The van der Waals surface area contributed by atoms with E-state index in [0.717, 1.165) is 33.6 Å². The summed E-state index contributed by atoms with van der Waals surface area (Å²) in [5.74, 6) is 0.374. The molecule has 2 aromatic carbocycles. The average Bonchev–Trinajstić information content (AvgIpc) is 3.15. The van der Waals surface area contributed by atoms with Gasteiger partial charge in [-0.2, -0.15) is 4.98 Å². The van der Waals surface area contributed by atoms with Gasteiger partial charge in [0.15, 0.2) is 5.82 Å². The third kappa shape index (κ3) is 2.70. The molecule has 136 valence electrons. The minimum absolute atomic E-state index is 0.132. The molecule has 0 radical (unpaired) electrons. The molecule has 27 heavy (non-hydrogen) atoms. The summed E-state index contributed by atoms with van der Waals surface area (Å²) in [6.07, 6.45) is 2.09. The maximum Gasteiger partial charge on any atom is 0.338 e. The van der Waals surface area contributed by atoms with E-state index in [-0.39, 0.29) is 11.5 Å². The van der Waals surface area contributed by atoms with Gasteiger partial charge in [0.2, 0.25) is 4.96 Å². The van der Waals surface area contributed by atoms with Crippen LogP contribution in [0.1, 0.15) is 35.7 Å². The lowest BCUT2D eigenvalue weighted by molar-refractivity contribution is 0.0526. The van der Waals surface area contributed by atoms with E-state index < -0.39 is 0 Å². The quantitative estimate of drug-likeness (QED) is 0.547. The summed E-state index contributed by atoms with van der Waals surface area (Å²) in [5.41, 5.74) is 9.73. The van der Waals surface area contributed by atoms with Crippen molar-refractivity contribution in [2.75, 3.05) is 6.61 Å². The topological polar surface area (TPSA) is 82.5 Å². The molecule has 1 saturated carbocycles. The molecule has 1 fully saturated rings. The second-order valence-electron chi connectivity index (χ2n) is 6.87. The maximum absolute atomic E-state index is 11.9. The number of rotatable bonds is 4. The monoisotopic (exact) mass is 378 g/mol. The first kappa shape index (κ1) is 16.4. The lowest BCUT2D eigenvalue weighted by atomic mass is 10.0. The van der Waals surface area contributed by atoms with Gasteiger partial charge in [-0.25, -0.2) is 9.31 Å². The molecule has 0 bridgehead atoms. The summed E-state index contributed by atoms with van der Waals surface area (Å²) in [6, 6.07) is 13.7. The van der Waals surface area contributed by atoms with E-state index in [1.165, 1.54) is 16.9 Å². The van der Waals surface area contributed by atoms with Gasteiger partial charge in [-0.05, 0) is 43.5 Å². The molecule has 6 nitrogen and oxygen atoms in total. The number of esters is 1. The highest BCUT2D eigenvalue weighted by atomic mass is 32.1. The van der Waals surface area contributed by atoms with E-state index in [1.807, 2.05) is 28.8 Å². The predicted octanol–water partition coefficient (Wildman–Crippen LogP) is 3.74. The smallest absolute Gasteiger partial charge is 0.338 e. The second kappa shape index (κ2) is 5.87. The fourth-order valence-electron chi connectivity index (χ4n) is 3.23. The summed E-state index contributed by atoms with van der Waals surface area (Å²) in [5, 5.41) is 4.66. The highest BCUT2D eigenvalue weighted by Crippen LogP contribution is 2.42. The van der Waals surface area contributed by atoms with Gasteiger partial charge in [-0.15, -0.1) is 5.10 Å². The number of carbonyl (C=O) groups is 1. The van der Waals surface area contributed by atoms with E-state index in [4.69, 9.17) is 10.5 Å². The van der Waals surface area contributed by atoms with Crippen molar-refractivity contribution in [3.63, 3.8) is 0 Å². The third-order valence-corrected chi connectivity index (χ3v) is 5.98. The molecular weight excluding hydrogens is 360 g/mol. The average molecular weight is 378 g/mol. The minimum Gasteiger partial charge on any atom is -0.462 e. The fraction of sp³-hybridized carbons (Fsp3) is 0.250. The molecule has 0 atom stereocenters. The number of nitrogens with zero attached hydrogens (tertiary/aromatic N) is 3. The van der Waals surface area contributed by atoms with Gasteiger partial charge in [0.05, 0.1) is 22.4 Å². The Morgan fingerprint density at radius 2 is 2.04 bits per heavy atom. The van der Waals surface area contributed by atoms with Crippen LogP contribution in [0.15, 0.2) is 42.5 Å². The van der Waals surface area contributed by atoms with E-state index in [9.17, 15) is 4.79 Å². The highest BCUT2D eigenvalue weighted by Gasteiger charge is 2.39. The summed E-state index contributed by atoms with van der Waals surface area (Å²) >= 11 is 1.51. The Morgan fingerprint density at radius 3 is 2.74 bits per heavy atom. The molecule has 0 amide bonds. The van der Waals surface area contributed by atoms with Crippen molar-refractivity contribution in [2.24, 2.45) is 5.73 Å². The van der Waals surface area contributed by atoms with Crippen LogP contribution in [0, 0.1) is 0 Å². The molecule has 5 rings (SSSR count). The highest BCUT2D eigenvalue weighted by molar-refractivity contribution is 7.23. The Kier molecular flexibility index (Phi) is 3.57. The fourth-order valence-corrected chi connectivity index (χ4v) is 4.23. The molecule has 0 saturated heterocycles. The molecule has 1 aliphatic rings. The van der Waals surface area contributed by atoms with Crippen molar-refractivity contribution in [3.8, 4) is 11.4 Å². The number of hydrogen-bond donors (Lipinski definition) is 1. The molecule has 0 aliphatic heterocycles. The van der Waals surface area contributed by atoms with Crippen LogP contribution in [-0.4, -0.2) is 27.2 Å². The molecule has 2 aromatic heterocycles. The SMILES string of the molecule is CCOC(=O)c1ccc2c(c1)sc1nc(-c3ccc(C4(N)CC4)cc3)nn12. The number of hydrogen-bond acceptors (Lipinski definition) is 6. The zero-order valence-corrected chi connectivity index (χ0v) is 15.6. The number of carbonyl (C=O) groups excluding carboxylic acids is 1. The number of nitrogens with two attached hydrogens (primary N) is 1. The molecule has 1 aliphatic carbocycles. The van der Waals surface area contributed by atoms with Gasteiger partial charge in [0.25, 0.3) is 0 Å². The van der Waals surface area contributed by atoms with Crippen LogP contribution in [0.2, 0.25) is 0 Å². The standard InChI is InChI=1S/C20H18N4O2S/c1-2-26-18(25)13-5-8-15-16(11-13)27-19-22-17(23-24(15)19)12-3-6-14(7-4-12)20(21)9-10-20/h3-8,11H,2,9-10,21H2,1H3. The Hall–Kier alpha value is -2.77.